The fraction of sp³-hybridized carbons (Fsp3) is 0.412. The second-order valence-electron chi connectivity index (χ2n) is 6.18. The van der Waals surface area contributed by atoms with E-state index in [1.807, 2.05) is 29.2 Å². The molecule has 1 atom stereocenters. The van der Waals surface area contributed by atoms with Crippen molar-refractivity contribution in [1.29, 1.82) is 0 Å². The molecule has 0 saturated carbocycles. The average Bonchev–Trinajstić information content (AvgIpc) is 2.87. The minimum absolute atomic E-state index is 0.0204. The normalized spacial score (nSPS) is 17.2. The summed E-state index contributed by atoms with van der Waals surface area (Å²) in [5, 5.41) is 15.5. The van der Waals surface area contributed by atoms with Crippen molar-refractivity contribution in [2.45, 2.75) is 39.5 Å². The summed E-state index contributed by atoms with van der Waals surface area (Å²) < 4.78 is 6.53. The SMILES string of the molecule is COC(=O)[C@H]1Cc2ccccc2CN1Cn1nc(C)c([N+](=O)[O-])c1C. The second kappa shape index (κ2) is 6.64. The Labute approximate surface area is 145 Å². The van der Waals surface area contributed by atoms with Gasteiger partial charge in [0.05, 0.1) is 18.7 Å². The van der Waals surface area contributed by atoms with Crippen molar-refractivity contribution < 1.29 is 14.5 Å². The fourth-order valence-electron chi connectivity index (χ4n) is 3.36. The third-order valence-electron chi connectivity index (χ3n) is 4.66. The first-order chi connectivity index (χ1) is 11.9. The Morgan fingerprint density at radius 3 is 2.64 bits per heavy atom. The molecule has 1 aliphatic heterocycles. The highest BCUT2D eigenvalue weighted by molar-refractivity contribution is 5.76. The van der Waals surface area contributed by atoms with Crippen molar-refractivity contribution in [3.8, 4) is 0 Å². The molecule has 0 N–H and O–H groups in total. The third kappa shape index (κ3) is 3.12. The molecule has 2 aromatic rings. The van der Waals surface area contributed by atoms with Gasteiger partial charge in [0, 0.05) is 6.54 Å². The molecule has 8 nitrogen and oxygen atoms in total. The molecule has 132 valence electrons. The molecule has 0 fully saturated rings. The van der Waals surface area contributed by atoms with Crippen LogP contribution in [0.3, 0.4) is 0 Å². The van der Waals surface area contributed by atoms with E-state index in [9.17, 15) is 14.9 Å². The zero-order valence-electron chi connectivity index (χ0n) is 14.4. The maximum absolute atomic E-state index is 12.2. The number of hydrogen-bond donors (Lipinski definition) is 0. The molecule has 1 aromatic heterocycles. The van der Waals surface area contributed by atoms with E-state index in [2.05, 4.69) is 5.10 Å². The first kappa shape index (κ1) is 17.1. The zero-order chi connectivity index (χ0) is 18.1. The number of carbonyl (C=O) groups is 1. The summed E-state index contributed by atoms with van der Waals surface area (Å²) in [6.07, 6.45) is 0.546. The fourth-order valence-corrected chi connectivity index (χ4v) is 3.36. The van der Waals surface area contributed by atoms with Crippen molar-refractivity contribution in [2.75, 3.05) is 7.11 Å². The van der Waals surface area contributed by atoms with Gasteiger partial charge >= 0.3 is 11.7 Å². The largest absolute Gasteiger partial charge is 0.468 e. The zero-order valence-corrected chi connectivity index (χ0v) is 14.4. The Kier molecular flexibility index (Phi) is 4.54. The summed E-state index contributed by atoms with van der Waals surface area (Å²) in [6, 6.07) is 7.51. The summed E-state index contributed by atoms with van der Waals surface area (Å²) in [5.74, 6) is -0.314. The summed E-state index contributed by atoms with van der Waals surface area (Å²) in [5.41, 5.74) is 3.12. The van der Waals surface area contributed by atoms with E-state index in [0.29, 0.717) is 24.4 Å². The van der Waals surface area contributed by atoms with Crippen LogP contribution in [0.1, 0.15) is 22.5 Å². The van der Waals surface area contributed by atoms with Gasteiger partial charge in [-0.1, -0.05) is 24.3 Å². The molecule has 3 rings (SSSR count). The smallest absolute Gasteiger partial charge is 0.323 e. The summed E-state index contributed by atoms with van der Waals surface area (Å²) in [7, 11) is 1.37. The highest BCUT2D eigenvalue weighted by Gasteiger charge is 2.33. The molecule has 0 saturated heterocycles. The molecule has 2 heterocycles. The Morgan fingerprint density at radius 1 is 1.36 bits per heavy atom. The Morgan fingerprint density at radius 2 is 2.04 bits per heavy atom. The number of nitro groups is 1. The van der Waals surface area contributed by atoms with Crippen LogP contribution in [0.2, 0.25) is 0 Å². The maximum Gasteiger partial charge on any atom is 0.323 e. The van der Waals surface area contributed by atoms with E-state index in [-0.39, 0.29) is 18.3 Å². The predicted molar refractivity (Wildman–Crippen MR) is 89.8 cm³/mol. The lowest BCUT2D eigenvalue weighted by atomic mass is 9.94. The van der Waals surface area contributed by atoms with Crippen LogP contribution in [0, 0.1) is 24.0 Å². The van der Waals surface area contributed by atoms with Gasteiger partial charge in [-0.2, -0.15) is 5.10 Å². The number of fused-ring (bicyclic) bond motifs is 1. The first-order valence-electron chi connectivity index (χ1n) is 7.99. The number of esters is 1. The molecule has 1 aromatic carbocycles. The number of aromatic nitrogens is 2. The van der Waals surface area contributed by atoms with Gasteiger partial charge in [-0.05, 0) is 31.4 Å². The lowest BCUT2D eigenvalue weighted by Crippen LogP contribution is -2.47. The van der Waals surface area contributed by atoms with E-state index in [1.165, 1.54) is 7.11 Å². The standard InChI is InChI=1S/C17H20N4O4/c1-11-16(21(23)24)12(2)20(18-11)10-19-9-14-7-5-4-6-13(14)8-15(19)17(22)25-3/h4-7,15H,8-10H2,1-3H3/t15-/m1/s1. The lowest BCUT2D eigenvalue weighted by Gasteiger charge is -2.35. The van der Waals surface area contributed by atoms with Gasteiger partial charge in [-0.15, -0.1) is 0 Å². The molecule has 1 aliphatic rings. The van der Waals surface area contributed by atoms with Crippen LogP contribution in [-0.4, -0.2) is 38.7 Å². The number of carbonyl (C=O) groups excluding carboxylic acids is 1. The van der Waals surface area contributed by atoms with E-state index < -0.39 is 11.0 Å². The first-order valence-corrected chi connectivity index (χ1v) is 7.99. The molecular weight excluding hydrogens is 324 g/mol. The molecule has 8 heteroatoms. The Balaban J connectivity index is 1.93. The third-order valence-corrected chi connectivity index (χ3v) is 4.66. The van der Waals surface area contributed by atoms with E-state index >= 15 is 0 Å². The molecule has 0 amide bonds. The molecule has 0 unspecified atom stereocenters. The second-order valence-corrected chi connectivity index (χ2v) is 6.18. The topological polar surface area (TPSA) is 90.5 Å². The van der Waals surface area contributed by atoms with Crippen LogP contribution in [0.15, 0.2) is 24.3 Å². The molecule has 0 spiro atoms. The van der Waals surface area contributed by atoms with Crippen LogP contribution in [0.25, 0.3) is 0 Å². The summed E-state index contributed by atoms with van der Waals surface area (Å²) in [4.78, 5) is 25.0. The van der Waals surface area contributed by atoms with Crippen LogP contribution in [0.4, 0.5) is 5.69 Å². The molecule has 0 bridgehead atoms. The lowest BCUT2D eigenvalue weighted by molar-refractivity contribution is -0.386. The van der Waals surface area contributed by atoms with Crippen molar-refractivity contribution in [3.05, 3.63) is 56.9 Å². The number of hydrogen-bond acceptors (Lipinski definition) is 6. The van der Waals surface area contributed by atoms with Crippen LogP contribution in [-0.2, 0) is 29.2 Å². The number of nitrogens with zero attached hydrogens (tertiary/aromatic N) is 4. The van der Waals surface area contributed by atoms with Gasteiger partial charge in [0.15, 0.2) is 0 Å². The number of benzene rings is 1. The molecule has 0 aliphatic carbocycles. The molecule has 25 heavy (non-hydrogen) atoms. The van der Waals surface area contributed by atoms with E-state index in [1.54, 1.807) is 18.5 Å². The number of aryl methyl sites for hydroxylation is 1. The van der Waals surface area contributed by atoms with Gasteiger partial charge in [-0.25, -0.2) is 4.68 Å². The van der Waals surface area contributed by atoms with Crippen molar-refractivity contribution in [3.63, 3.8) is 0 Å². The summed E-state index contributed by atoms with van der Waals surface area (Å²) >= 11 is 0. The minimum atomic E-state index is -0.442. The van der Waals surface area contributed by atoms with Gasteiger partial charge in [0.1, 0.15) is 17.4 Å². The van der Waals surface area contributed by atoms with Crippen LogP contribution >= 0.6 is 0 Å². The number of rotatable bonds is 4. The van der Waals surface area contributed by atoms with Crippen molar-refractivity contribution in [1.82, 2.24) is 14.7 Å². The summed E-state index contributed by atoms with van der Waals surface area (Å²) in [6.45, 7) is 4.13. The highest BCUT2D eigenvalue weighted by atomic mass is 16.6. The number of methoxy groups -OCH3 is 1. The van der Waals surface area contributed by atoms with Crippen LogP contribution < -0.4 is 0 Å². The molecular formula is C17H20N4O4. The quantitative estimate of drug-likeness (QED) is 0.478. The van der Waals surface area contributed by atoms with Gasteiger partial charge < -0.3 is 4.74 Å². The number of ether oxygens (including phenoxy) is 1. The monoisotopic (exact) mass is 344 g/mol. The minimum Gasteiger partial charge on any atom is -0.468 e. The van der Waals surface area contributed by atoms with E-state index in [0.717, 1.165) is 11.1 Å². The molecule has 0 radical (unpaired) electrons. The van der Waals surface area contributed by atoms with Crippen LogP contribution in [0.5, 0.6) is 0 Å². The Hall–Kier alpha value is -2.74. The van der Waals surface area contributed by atoms with Gasteiger partial charge in [-0.3, -0.25) is 19.8 Å². The van der Waals surface area contributed by atoms with Crippen molar-refractivity contribution >= 4 is 11.7 Å². The van der Waals surface area contributed by atoms with E-state index in [4.69, 9.17) is 4.74 Å². The Bertz CT molecular complexity index is 830. The van der Waals surface area contributed by atoms with Crippen molar-refractivity contribution in [2.24, 2.45) is 0 Å². The maximum atomic E-state index is 12.2. The highest BCUT2D eigenvalue weighted by Crippen LogP contribution is 2.27. The van der Waals surface area contributed by atoms with Gasteiger partial charge in [0.2, 0.25) is 0 Å². The average molecular weight is 344 g/mol. The van der Waals surface area contributed by atoms with Gasteiger partial charge in [0.25, 0.3) is 0 Å². The predicted octanol–water partition coefficient (Wildman–Crippen LogP) is 1.97.